The smallest absolute Gasteiger partial charge is 0.164 e. The van der Waals surface area contributed by atoms with E-state index in [0.717, 1.165) is 25.9 Å². The van der Waals surface area contributed by atoms with Gasteiger partial charge in [0, 0.05) is 13.1 Å². The van der Waals surface area contributed by atoms with E-state index in [1.54, 1.807) is 18.2 Å². The molecule has 1 aromatic rings. The predicted octanol–water partition coefficient (Wildman–Crippen LogP) is 3.68. The van der Waals surface area contributed by atoms with E-state index in [-0.39, 0.29) is 11.5 Å². The molecule has 0 radical (unpaired) electrons. The molecule has 1 aliphatic rings. The van der Waals surface area contributed by atoms with Crippen LogP contribution in [0.15, 0.2) is 33.0 Å². The average Bonchev–Trinajstić information content (AvgIpc) is 2.73. The fraction of sp³-hybridized carbons (Fsp3) is 0.400. The van der Waals surface area contributed by atoms with E-state index in [1.165, 1.54) is 0 Å². The van der Waals surface area contributed by atoms with Gasteiger partial charge in [-0.2, -0.15) is 0 Å². The third-order valence-electron chi connectivity index (χ3n) is 2.29. The quantitative estimate of drug-likeness (QED) is 0.755. The van der Waals surface area contributed by atoms with Crippen LogP contribution in [0.25, 0.3) is 0 Å². The fourth-order valence-corrected chi connectivity index (χ4v) is 1.83. The summed E-state index contributed by atoms with van der Waals surface area (Å²) in [6.45, 7) is 1.83. The van der Waals surface area contributed by atoms with Crippen LogP contribution >= 0.6 is 15.9 Å². The topological polar surface area (TPSA) is 28.0 Å². The summed E-state index contributed by atoms with van der Waals surface area (Å²) < 4.78 is 13.9. The zero-order chi connectivity index (χ0) is 10.7. The fourth-order valence-electron chi connectivity index (χ4n) is 1.47. The van der Waals surface area contributed by atoms with Crippen molar-refractivity contribution >= 4 is 21.6 Å². The highest BCUT2D eigenvalue weighted by molar-refractivity contribution is 9.10. The summed E-state index contributed by atoms with van der Waals surface area (Å²) in [6, 6.07) is 5.00. The van der Waals surface area contributed by atoms with Gasteiger partial charge in [0.2, 0.25) is 0 Å². The van der Waals surface area contributed by atoms with E-state index < -0.39 is 0 Å². The molecular formula is C10H11BrFN3. The predicted molar refractivity (Wildman–Crippen MR) is 59.4 cm³/mol. The molecule has 0 amide bonds. The molecule has 3 nitrogen and oxygen atoms in total. The Kier molecular flexibility index (Phi) is 3.30. The molecule has 0 aromatic heterocycles. The van der Waals surface area contributed by atoms with Crippen molar-refractivity contribution in [2.24, 2.45) is 10.3 Å². The van der Waals surface area contributed by atoms with Crippen LogP contribution in [0, 0.1) is 5.82 Å². The van der Waals surface area contributed by atoms with Gasteiger partial charge in [0.1, 0.15) is 5.69 Å². The van der Waals surface area contributed by atoms with Crippen LogP contribution in [0.4, 0.5) is 10.1 Å². The lowest BCUT2D eigenvalue weighted by atomic mass is 10.3. The van der Waals surface area contributed by atoms with Gasteiger partial charge in [-0.05, 0) is 40.9 Å². The van der Waals surface area contributed by atoms with E-state index in [9.17, 15) is 4.39 Å². The van der Waals surface area contributed by atoms with Crippen LogP contribution in [0.5, 0.6) is 0 Å². The van der Waals surface area contributed by atoms with E-state index in [4.69, 9.17) is 0 Å². The Morgan fingerprint density at radius 2 is 2.00 bits per heavy atom. The summed E-state index contributed by atoms with van der Waals surface area (Å²) in [5, 5.41) is 9.75. The second-order valence-corrected chi connectivity index (χ2v) is 4.28. The molecule has 1 aromatic carbocycles. The standard InChI is InChI=1S/C10H11BrFN3/c11-8-4-3-5-9(10(8)12)13-14-15-6-1-2-7-15/h3-5H,1-2,6-7H2/b14-13+. The van der Waals surface area contributed by atoms with Crippen molar-refractivity contribution in [3.05, 3.63) is 28.5 Å². The number of benzene rings is 1. The van der Waals surface area contributed by atoms with E-state index >= 15 is 0 Å². The molecule has 1 saturated heterocycles. The maximum Gasteiger partial charge on any atom is 0.164 e. The van der Waals surface area contributed by atoms with Crippen molar-refractivity contribution in [3.8, 4) is 0 Å². The molecule has 0 N–H and O–H groups in total. The maximum absolute atomic E-state index is 13.5. The lowest BCUT2D eigenvalue weighted by Gasteiger charge is -2.06. The van der Waals surface area contributed by atoms with E-state index in [0.29, 0.717) is 4.47 Å². The second kappa shape index (κ2) is 4.70. The van der Waals surface area contributed by atoms with Gasteiger partial charge in [0.05, 0.1) is 4.47 Å². The van der Waals surface area contributed by atoms with Gasteiger partial charge in [0.15, 0.2) is 5.82 Å². The van der Waals surface area contributed by atoms with Crippen LogP contribution in [0.3, 0.4) is 0 Å². The molecule has 1 heterocycles. The molecule has 1 aliphatic heterocycles. The molecule has 0 saturated carbocycles. The van der Waals surface area contributed by atoms with Gasteiger partial charge >= 0.3 is 0 Å². The normalized spacial score (nSPS) is 16.5. The highest BCUT2D eigenvalue weighted by Gasteiger charge is 2.09. The Labute approximate surface area is 96.1 Å². The molecule has 0 unspecified atom stereocenters. The number of halogens is 2. The second-order valence-electron chi connectivity index (χ2n) is 3.42. The van der Waals surface area contributed by atoms with Gasteiger partial charge in [-0.3, -0.25) is 5.01 Å². The Hall–Kier alpha value is -0.970. The first kappa shape index (κ1) is 10.5. The van der Waals surface area contributed by atoms with E-state index in [2.05, 4.69) is 26.3 Å². The first-order chi connectivity index (χ1) is 7.27. The molecule has 2 rings (SSSR count). The SMILES string of the molecule is Fc1c(Br)cccc1/N=N/N1CCCC1. The van der Waals surface area contributed by atoms with Crippen molar-refractivity contribution in [1.82, 2.24) is 5.01 Å². The average molecular weight is 272 g/mol. The summed E-state index contributed by atoms with van der Waals surface area (Å²) >= 11 is 3.11. The number of nitrogens with zero attached hydrogens (tertiary/aromatic N) is 3. The lowest BCUT2D eigenvalue weighted by molar-refractivity contribution is 0.336. The van der Waals surface area contributed by atoms with Crippen LogP contribution in [0.1, 0.15) is 12.8 Å². The van der Waals surface area contributed by atoms with Crippen LogP contribution < -0.4 is 0 Å². The first-order valence-electron chi connectivity index (χ1n) is 4.88. The highest BCUT2D eigenvalue weighted by Crippen LogP contribution is 2.25. The van der Waals surface area contributed by atoms with Crippen molar-refractivity contribution in [2.75, 3.05) is 13.1 Å². The highest BCUT2D eigenvalue weighted by atomic mass is 79.9. The molecule has 15 heavy (non-hydrogen) atoms. The van der Waals surface area contributed by atoms with Crippen LogP contribution in [0.2, 0.25) is 0 Å². The van der Waals surface area contributed by atoms with Crippen LogP contribution in [-0.2, 0) is 0 Å². The van der Waals surface area contributed by atoms with Gasteiger partial charge < -0.3 is 0 Å². The van der Waals surface area contributed by atoms with Gasteiger partial charge in [-0.25, -0.2) is 4.39 Å². The van der Waals surface area contributed by atoms with Crippen LogP contribution in [-0.4, -0.2) is 18.1 Å². The third kappa shape index (κ3) is 2.53. The Morgan fingerprint density at radius 1 is 1.27 bits per heavy atom. The molecule has 0 bridgehead atoms. The first-order valence-corrected chi connectivity index (χ1v) is 5.67. The molecule has 1 fully saturated rings. The minimum absolute atomic E-state index is 0.274. The van der Waals surface area contributed by atoms with Crippen molar-refractivity contribution in [1.29, 1.82) is 0 Å². The minimum Gasteiger partial charge on any atom is -0.278 e. The summed E-state index contributed by atoms with van der Waals surface area (Å²) in [5.74, 6) is -0.361. The Morgan fingerprint density at radius 3 is 2.73 bits per heavy atom. The lowest BCUT2D eigenvalue weighted by Crippen LogP contribution is -2.09. The zero-order valence-corrected chi connectivity index (χ0v) is 9.74. The maximum atomic E-state index is 13.5. The number of hydrogen-bond donors (Lipinski definition) is 0. The molecule has 5 heteroatoms. The van der Waals surface area contributed by atoms with Gasteiger partial charge in [-0.15, -0.1) is 5.11 Å². The van der Waals surface area contributed by atoms with Gasteiger partial charge in [-0.1, -0.05) is 11.3 Å². The largest absolute Gasteiger partial charge is 0.278 e. The van der Waals surface area contributed by atoms with Gasteiger partial charge in [0.25, 0.3) is 0 Å². The molecule has 0 aliphatic carbocycles. The number of hydrogen-bond acceptors (Lipinski definition) is 2. The van der Waals surface area contributed by atoms with Crippen molar-refractivity contribution in [3.63, 3.8) is 0 Å². The van der Waals surface area contributed by atoms with Crippen molar-refractivity contribution < 1.29 is 4.39 Å². The monoisotopic (exact) mass is 271 g/mol. The number of rotatable bonds is 2. The Balaban J connectivity index is 2.12. The molecule has 0 atom stereocenters. The molecule has 0 spiro atoms. The summed E-state index contributed by atoms with van der Waals surface area (Å²) in [4.78, 5) is 0. The van der Waals surface area contributed by atoms with Crippen molar-refractivity contribution in [2.45, 2.75) is 12.8 Å². The zero-order valence-electron chi connectivity index (χ0n) is 8.16. The molecule has 80 valence electrons. The third-order valence-corrected chi connectivity index (χ3v) is 2.91. The van der Waals surface area contributed by atoms with E-state index in [1.807, 2.05) is 5.01 Å². The Bertz CT molecular complexity index is 375. The summed E-state index contributed by atoms with van der Waals surface area (Å²) in [5.41, 5.74) is 0.274. The minimum atomic E-state index is -0.361. The summed E-state index contributed by atoms with van der Waals surface area (Å²) in [6.07, 6.45) is 2.28. The summed E-state index contributed by atoms with van der Waals surface area (Å²) in [7, 11) is 0. The molecular weight excluding hydrogens is 261 g/mol.